The number of benzene rings is 1. The van der Waals surface area contributed by atoms with Crippen LogP contribution in [0.3, 0.4) is 0 Å². The van der Waals surface area contributed by atoms with E-state index in [0.717, 1.165) is 23.9 Å². The summed E-state index contributed by atoms with van der Waals surface area (Å²) in [4.78, 5) is 3.05. The molecular formula is C15H18ClFN2OS. The number of nitrogens with one attached hydrogen (secondary N) is 1. The molecule has 1 saturated carbocycles. The summed E-state index contributed by atoms with van der Waals surface area (Å²) in [6.07, 6.45) is 6.46. The summed E-state index contributed by atoms with van der Waals surface area (Å²) >= 11 is 11.1. The zero-order valence-corrected chi connectivity index (χ0v) is 13.3. The van der Waals surface area contributed by atoms with Gasteiger partial charge in [-0.05, 0) is 31.1 Å². The van der Waals surface area contributed by atoms with Gasteiger partial charge in [-0.25, -0.2) is 4.39 Å². The number of imidazole rings is 1. The van der Waals surface area contributed by atoms with E-state index in [0.29, 0.717) is 24.0 Å². The largest absolute Gasteiger partial charge is 0.376 e. The molecular weight excluding hydrogens is 311 g/mol. The van der Waals surface area contributed by atoms with Gasteiger partial charge >= 0.3 is 0 Å². The first-order valence-electron chi connectivity index (χ1n) is 7.34. The van der Waals surface area contributed by atoms with E-state index >= 15 is 0 Å². The number of aromatic amines is 1. The molecule has 2 aromatic rings. The molecule has 3 nitrogen and oxygen atoms in total. The van der Waals surface area contributed by atoms with Crippen LogP contribution in [0.15, 0.2) is 12.1 Å². The lowest BCUT2D eigenvalue weighted by atomic mass is 9.98. The van der Waals surface area contributed by atoms with Crippen LogP contribution in [-0.2, 0) is 11.3 Å². The van der Waals surface area contributed by atoms with Crippen molar-refractivity contribution in [3.05, 3.63) is 27.7 Å². The Bertz CT molecular complexity index is 691. The Kier molecular flexibility index (Phi) is 4.62. The van der Waals surface area contributed by atoms with Crippen molar-refractivity contribution in [2.24, 2.45) is 0 Å². The molecule has 1 aromatic carbocycles. The smallest absolute Gasteiger partial charge is 0.178 e. The molecule has 1 aromatic heterocycles. The van der Waals surface area contributed by atoms with Crippen molar-refractivity contribution >= 4 is 34.9 Å². The van der Waals surface area contributed by atoms with Crippen LogP contribution in [-0.4, -0.2) is 22.3 Å². The molecule has 0 amide bonds. The standard InChI is InChI=1S/C15H18ClFN2OS/c16-11-8-13-14(9-12(11)17)19(15(21)18-13)6-7-20-10-4-2-1-3-5-10/h8-10H,1-7H2,(H,18,21). The van der Waals surface area contributed by atoms with E-state index in [4.69, 9.17) is 28.6 Å². The molecule has 1 N–H and O–H groups in total. The molecule has 0 spiro atoms. The Morgan fingerprint density at radius 2 is 2.10 bits per heavy atom. The number of hydrogen-bond acceptors (Lipinski definition) is 2. The Morgan fingerprint density at radius 3 is 2.86 bits per heavy atom. The first kappa shape index (κ1) is 15.0. The second-order valence-corrected chi connectivity index (χ2v) is 6.29. The minimum atomic E-state index is -0.430. The van der Waals surface area contributed by atoms with Crippen molar-refractivity contribution in [2.45, 2.75) is 44.8 Å². The van der Waals surface area contributed by atoms with E-state index in [-0.39, 0.29) is 5.02 Å². The molecule has 1 aliphatic carbocycles. The number of H-pyrrole nitrogens is 1. The quantitative estimate of drug-likeness (QED) is 0.814. The summed E-state index contributed by atoms with van der Waals surface area (Å²) in [6.45, 7) is 1.21. The van der Waals surface area contributed by atoms with Gasteiger partial charge in [-0.15, -0.1) is 0 Å². The van der Waals surface area contributed by atoms with Crippen molar-refractivity contribution in [1.29, 1.82) is 0 Å². The molecule has 6 heteroatoms. The van der Waals surface area contributed by atoms with Crippen LogP contribution in [0.25, 0.3) is 11.0 Å². The van der Waals surface area contributed by atoms with Crippen LogP contribution >= 0.6 is 23.8 Å². The SMILES string of the molecule is Fc1cc2c(cc1Cl)[nH]c(=S)n2CCOC1CCCCC1. The Hall–Kier alpha value is -0.910. The molecule has 114 valence electrons. The minimum absolute atomic E-state index is 0.101. The van der Waals surface area contributed by atoms with Crippen LogP contribution in [0.5, 0.6) is 0 Å². The molecule has 1 aliphatic rings. The number of hydrogen-bond donors (Lipinski definition) is 1. The maximum Gasteiger partial charge on any atom is 0.178 e. The number of ether oxygens (including phenoxy) is 1. The Labute approximate surface area is 133 Å². The summed E-state index contributed by atoms with van der Waals surface area (Å²) in [5, 5.41) is 0.101. The molecule has 0 unspecified atom stereocenters. The van der Waals surface area contributed by atoms with Gasteiger partial charge in [-0.3, -0.25) is 0 Å². The maximum absolute atomic E-state index is 13.6. The number of aromatic nitrogens is 2. The van der Waals surface area contributed by atoms with Crippen LogP contribution in [0.4, 0.5) is 4.39 Å². The molecule has 0 bridgehead atoms. The van der Waals surface area contributed by atoms with Gasteiger partial charge in [0.1, 0.15) is 5.82 Å². The molecule has 1 fully saturated rings. The number of nitrogens with zero attached hydrogens (tertiary/aromatic N) is 1. The second kappa shape index (κ2) is 6.46. The van der Waals surface area contributed by atoms with E-state index in [1.807, 2.05) is 4.57 Å². The van der Waals surface area contributed by atoms with Gasteiger partial charge in [-0.2, -0.15) is 0 Å². The van der Waals surface area contributed by atoms with Crippen molar-refractivity contribution in [3.8, 4) is 0 Å². The van der Waals surface area contributed by atoms with E-state index in [2.05, 4.69) is 4.98 Å². The second-order valence-electron chi connectivity index (χ2n) is 5.50. The summed E-state index contributed by atoms with van der Waals surface area (Å²) in [6, 6.07) is 2.99. The average Bonchev–Trinajstić information content (AvgIpc) is 2.76. The number of fused-ring (bicyclic) bond motifs is 1. The van der Waals surface area contributed by atoms with Gasteiger partial charge in [0, 0.05) is 12.6 Å². The van der Waals surface area contributed by atoms with Crippen molar-refractivity contribution in [1.82, 2.24) is 9.55 Å². The van der Waals surface area contributed by atoms with Gasteiger partial charge in [0.15, 0.2) is 4.77 Å². The predicted molar refractivity (Wildman–Crippen MR) is 84.9 cm³/mol. The molecule has 0 aliphatic heterocycles. The van der Waals surface area contributed by atoms with Crippen LogP contribution in [0.1, 0.15) is 32.1 Å². The third-order valence-electron chi connectivity index (χ3n) is 4.04. The fraction of sp³-hybridized carbons (Fsp3) is 0.533. The normalized spacial score (nSPS) is 16.7. The lowest BCUT2D eigenvalue weighted by Crippen LogP contribution is -2.19. The predicted octanol–water partition coefficient (Wildman–Crippen LogP) is 4.84. The molecule has 0 saturated heterocycles. The Balaban J connectivity index is 1.72. The van der Waals surface area contributed by atoms with E-state index < -0.39 is 5.82 Å². The van der Waals surface area contributed by atoms with Gasteiger partial charge in [-0.1, -0.05) is 30.9 Å². The van der Waals surface area contributed by atoms with Crippen molar-refractivity contribution < 1.29 is 9.13 Å². The Morgan fingerprint density at radius 1 is 1.33 bits per heavy atom. The lowest BCUT2D eigenvalue weighted by molar-refractivity contribution is 0.0243. The highest BCUT2D eigenvalue weighted by Crippen LogP contribution is 2.23. The van der Waals surface area contributed by atoms with Gasteiger partial charge in [0.2, 0.25) is 0 Å². The van der Waals surface area contributed by atoms with Gasteiger partial charge < -0.3 is 14.3 Å². The highest BCUT2D eigenvalue weighted by Gasteiger charge is 2.14. The zero-order chi connectivity index (χ0) is 14.8. The number of halogens is 2. The average molecular weight is 329 g/mol. The monoisotopic (exact) mass is 328 g/mol. The third-order valence-corrected chi connectivity index (χ3v) is 4.65. The molecule has 0 atom stereocenters. The minimum Gasteiger partial charge on any atom is -0.376 e. The number of rotatable bonds is 4. The van der Waals surface area contributed by atoms with Crippen molar-refractivity contribution in [3.63, 3.8) is 0 Å². The highest BCUT2D eigenvalue weighted by molar-refractivity contribution is 7.71. The highest BCUT2D eigenvalue weighted by atomic mass is 35.5. The maximum atomic E-state index is 13.6. The van der Waals surface area contributed by atoms with E-state index in [1.54, 1.807) is 6.07 Å². The summed E-state index contributed by atoms with van der Waals surface area (Å²) in [7, 11) is 0. The van der Waals surface area contributed by atoms with E-state index in [1.165, 1.54) is 25.3 Å². The fourth-order valence-corrected chi connectivity index (χ4v) is 3.38. The zero-order valence-electron chi connectivity index (χ0n) is 11.7. The molecule has 21 heavy (non-hydrogen) atoms. The fourth-order valence-electron chi connectivity index (χ4n) is 2.92. The summed E-state index contributed by atoms with van der Waals surface area (Å²) < 4.78 is 22.0. The third kappa shape index (κ3) is 3.30. The summed E-state index contributed by atoms with van der Waals surface area (Å²) in [5.41, 5.74) is 1.48. The van der Waals surface area contributed by atoms with Gasteiger partial charge in [0.25, 0.3) is 0 Å². The molecule has 3 rings (SSSR count). The van der Waals surface area contributed by atoms with Crippen LogP contribution in [0.2, 0.25) is 5.02 Å². The summed E-state index contributed by atoms with van der Waals surface area (Å²) in [5.74, 6) is -0.430. The molecule has 0 radical (unpaired) electrons. The van der Waals surface area contributed by atoms with Crippen LogP contribution < -0.4 is 0 Å². The van der Waals surface area contributed by atoms with Crippen molar-refractivity contribution in [2.75, 3.05) is 6.61 Å². The molecule has 1 heterocycles. The first-order valence-corrected chi connectivity index (χ1v) is 8.13. The first-order chi connectivity index (χ1) is 10.1. The lowest BCUT2D eigenvalue weighted by Gasteiger charge is -2.22. The van der Waals surface area contributed by atoms with E-state index in [9.17, 15) is 4.39 Å². The van der Waals surface area contributed by atoms with Gasteiger partial charge in [0.05, 0.1) is 28.8 Å². The van der Waals surface area contributed by atoms with Crippen LogP contribution in [0, 0.1) is 10.6 Å². The topological polar surface area (TPSA) is 29.9 Å².